The average Bonchev–Trinajstić information content (AvgIpc) is 3.15. The fraction of sp³-hybridized carbons (Fsp3) is 0.250. The monoisotopic (exact) mass is 370 g/mol. The van der Waals surface area contributed by atoms with Gasteiger partial charge in [0.15, 0.2) is 0 Å². The lowest BCUT2D eigenvalue weighted by Crippen LogP contribution is -2.41. The Kier molecular flexibility index (Phi) is 3.74. The van der Waals surface area contributed by atoms with Crippen molar-refractivity contribution in [3.8, 4) is 11.1 Å². The second kappa shape index (κ2) is 5.97. The van der Waals surface area contributed by atoms with Crippen LogP contribution in [0.5, 0.6) is 0 Å². The van der Waals surface area contributed by atoms with Crippen LogP contribution in [0.2, 0.25) is 0 Å². The minimum Gasteiger partial charge on any atom is -0.456 e. The smallest absolute Gasteiger partial charge is 0.456 e. The third kappa shape index (κ3) is 2.60. The molecule has 0 amide bonds. The third-order valence-electron chi connectivity index (χ3n) is 6.12. The molecule has 4 heteroatoms. The van der Waals surface area contributed by atoms with E-state index in [4.69, 9.17) is 13.7 Å². The van der Waals surface area contributed by atoms with E-state index in [-0.39, 0.29) is 0 Å². The number of fused-ring (bicyclic) bond motifs is 3. The molecule has 0 atom stereocenters. The van der Waals surface area contributed by atoms with Gasteiger partial charge in [0.2, 0.25) is 0 Å². The highest BCUT2D eigenvalue weighted by atomic mass is 16.7. The molecule has 0 aliphatic carbocycles. The van der Waals surface area contributed by atoms with Gasteiger partial charge in [0.25, 0.3) is 0 Å². The largest absolute Gasteiger partial charge is 0.498 e. The van der Waals surface area contributed by atoms with Gasteiger partial charge in [-0.05, 0) is 51.0 Å². The van der Waals surface area contributed by atoms with E-state index in [1.54, 1.807) is 0 Å². The summed E-state index contributed by atoms with van der Waals surface area (Å²) in [4.78, 5) is 0. The quantitative estimate of drug-likeness (QED) is 0.434. The zero-order chi connectivity index (χ0) is 19.5. The van der Waals surface area contributed by atoms with Crippen LogP contribution in [0.15, 0.2) is 71.1 Å². The zero-order valence-electron chi connectivity index (χ0n) is 16.7. The molecule has 1 aromatic heterocycles. The molecular weight excluding hydrogens is 347 g/mol. The van der Waals surface area contributed by atoms with Crippen molar-refractivity contribution in [1.29, 1.82) is 0 Å². The predicted octanol–water partition coefficient (Wildman–Crippen LogP) is 5.55. The first-order valence-electron chi connectivity index (χ1n) is 9.72. The molecule has 5 rings (SSSR count). The SMILES string of the molecule is CC1(C)OB(c2cc(-c3ccccc3)cc3c2oc2ccccc23)OC1(C)C. The average molecular weight is 370 g/mol. The number of benzene rings is 3. The van der Waals surface area contributed by atoms with E-state index < -0.39 is 18.3 Å². The Balaban J connectivity index is 1.78. The minimum atomic E-state index is -0.475. The lowest BCUT2D eigenvalue weighted by atomic mass is 9.76. The first-order chi connectivity index (χ1) is 13.4. The Hall–Kier alpha value is -2.56. The maximum atomic E-state index is 6.36. The Morgan fingerprint density at radius 3 is 2.04 bits per heavy atom. The highest BCUT2D eigenvalue weighted by molar-refractivity contribution is 6.65. The summed E-state index contributed by atoms with van der Waals surface area (Å²) >= 11 is 0. The van der Waals surface area contributed by atoms with Crippen molar-refractivity contribution in [3.63, 3.8) is 0 Å². The van der Waals surface area contributed by atoms with Crippen molar-refractivity contribution in [3.05, 3.63) is 66.7 Å². The maximum absolute atomic E-state index is 6.36. The topological polar surface area (TPSA) is 31.6 Å². The fourth-order valence-corrected chi connectivity index (χ4v) is 3.80. The second-order valence-corrected chi connectivity index (χ2v) is 8.49. The summed E-state index contributed by atoms with van der Waals surface area (Å²) in [6.45, 7) is 8.29. The molecule has 3 aromatic carbocycles. The van der Waals surface area contributed by atoms with E-state index in [1.807, 2.05) is 24.3 Å². The van der Waals surface area contributed by atoms with Gasteiger partial charge in [0.05, 0.1) is 11.2 Å². The first-order valence-corrected chi connectivity index (χ1v) is 9.72. The second-order valence-electron chi connectivity index (χ2n) is 8.49. The lowest BCUT2D eigenvalue weighted by Gasteiger charge is -2.32. The van der Waals surface area contributed by atoms with Gasteiger partial charge in [0.1, 0.15) is 11.2 Å². The van der Waals surface area contributed by atoms with Crippen molar-refractivity contribution in [2.24, 2.45) is 0 Å². The van der Waals surface area contributed by atoms with Crippen LogP contribution in [0.25, 0.3) is 33.1 Å². The van der Waals surface area contributed by atoms with Crippen LogP contribution >= 0.6 is 0 Å². The number of hydrogen-bond acceptors (Lipinski definition) is 3. The highest BCUT2D eigenvalue weighted by Gasteiger charge is 2.52. The van der Waals surface area contributed by atoms with Crippen LogP contribution < -0.4 is 5.46 Å². The van der Waals surface area contributed by atoms with Gasteiger partial charge < -0.3 is 13.7 Å². The molecule has 0 N–H and O–H groups in total. The van der Waals surface area contributed by atoms with Crippen LogP contribution in [0.1, 0.15) is 27.7 Å². The molecule has 0 unspecified atom stereocenters. The first kappa shape index (κ1) is 17.5. The van der Waals surface area contributed by atoms with Crippen LogP contribution in [0, 0.1) is 0 Å². The molecule has 0 spiro atoms. The Bertz CT molecular complexity index is 1160. The van der Waals surface area contributed by atoms with Gasteiger partial charge in [0, 0.05) is 16.2 Å². The zero-order valence-corrected chi connectivity index (χ0v) is 16.7. The molecule has 4 aromatic rings. The molecule has 1 aliphatic heterocycles. The number of furan rings is 1. The van der Waals surface area contributed by atoms with E-state index in [1.165, 1.54) is 0 Å². The van der Waals surface area contributed by atoms with Gasteiger partial charge in [-0.3, -0.25) is 0 Å². The molecule has 1 aliphatic rings. The van der Waals surface area contributed by atoms with E-state index in [0.29, 0.717) is 0 Å². The van der Waals surface area contributed by atoms with Gasteiger partial charge in [-0.1, -0.05) is 54.6 Å². The van der Waals surface area contributed by atoms with Crippen molar-refractivity contribution in [2.75, 3.05) is 0 Å². The van der Waals surface area contributed by atoms with Crippen molar-refractivity contribution in [2.45, 2.75) is 38.9 Å². The molecular formula is C24H23BO3. The fourth-order valence-electron chi connectivity index (χ4n) is 3.80. The summed E-state index contributed by atoms with van der Waals surface area (Å²) in [6.07, 6.45) is 0. The summed E-state index contributed by atoms with van der Waals surface area (Å²) in [6, 6.07) is 22.9. The summed E-state index contributed by atoms with van der Waals surface area (Å²) in [5.41, 5.74) is 4.13. The van der Waals surface area contributed by atoms with E-state index >= 15 is 0 Å². The molecule has 2 heterocycles. The number of rotatable bonds is 2. The van der Waals surface area contributed by atoms with Crippen molar-refractivity contribution in [1.82, 2.24) is 0 Å². The molecule has 1 fully saturated rings. The van der Waals surface area contributed by atoms with Crippen molar-refractivity contribution >= 4 is 34.5 Å². The summed E-state index contributed by atoms with van der Waals surface area (Å²) in [7, 11) is -0.475. The Morgan fingerprint density at radius 2 is 1.32 bits per heavy atom. The molecule has 3 nitrogen and oxygen atoms in total. The van der Waals surface area contributed by atoms with Gasteiger partial charge in [-0.25, -0.2) is 0 Å². The van der Waals surface area contributed by atoms with E-state index in [9.17, 15) is 0 Å². The molecule has 140 valence electrons. The van der Waals surface area contributed by atoms with Crippen LogP contribution in [-0.4, -0.2) is 18.3 Å². The van der Waals surface area contributed by atoms with E-state index in [2.05, 4.69) is 70.2 Å². The Labute approximate surface area is 165 Å². The summed E-state index contributed by atoms with van der Waals surface area (Å²) in [5.74, 6) is 0. The standard InChI is InChI=1S/C24H23BO3/c1-23(2)24(3,4)28-25(27-23)20-15-17(16-10-6-5-7-11-16)14-19-18-12-8-9-13-21(18)26-22(19)20/h5-15H,1-4H3. The number of hydrogen-bond donors (Lipinski definition) is 0. The molecule has 28 heavy (non-hydrogen) atoms. The van der Waals surface area contributed by atoms with Crippen LogP contribution in [0.3, 0.4) is 0 Å². The van der Waals surface area contributed by atoms with Gasteiger partial charge >= 0.3 is 7.12 Å². The minimum absolute atomic E-state index is 0.404. The normalized spacial score (nSPS) is 18.2. The maximum Gasteiger partial charge on any atom is 0.498 e. The molecule has 0 radical (unpaired) electrons. The molecule has 0 bridgehead atoms. The molecule has 0 saturated carbocycles. The van der Waals surface area contributed by atoms with Crippen LogP contribution in [-0.2, 0) is 9.31 Å². The number of para-hydroxylation sites is 1. The van der Waals surface area contributed by atoms with E-state index in [0.717, 1.165) is 38.5 Å². The van der Waals surface area contributed by atoms with Crippen LogP contribution in [0.4, 0.5) is 0 Å². The third-order valence-corrected chi connectivity index (χ3v) is 6.12. The summed E-state index contributed by atoms with van der Waals surface area (Å²) < 4.78 is 19.0. The Morgan fingerprint density at radius 1 is 0.679 bits per heavy atom. The van der Waals surface area contributed by atoms with Crippen molar-refractivity contribution < 1.29 is 13.7 Å². The highest BCUT2D eigenvalue weighted by Crippen LogP contribution is 2.38. The summed E-state index contributed by atoms with van der Waals surface area (Å²) in [5, 5.41) is 2.19. The lowest BCUT2D eigenvalue weighted by molar-refractivity contribution is 0.00578. The van der Waals surface area contributed by atoms with Gasteiger partial charge in [-0.2, -0.15) is 0 Å². The van der Waals surface area contributed by atoms with Gasteiger partial charge in [-0.15, -0.1) is 0 Å². The molecule has 1 saturated heterocycles. The predicted molar refractivity (Wildman–Crippen MR) is 115 cm³/mol.